The molecule has 0 aliphatic rings. The van der Waals surface area contributed by atoms with Crippen LogP contribution in [0.3, 0.4) is 0 Å². The van der Waals surface area contributed by atoms with Crippen LogP contribution in [0.25, 0.3) is 11.5 Å². The lowest BCUT2D eigenvalue weighted by Gasteiger charge is -1.98. The summed E-state index contributed by atoms with van der Waals surface area (Å²) in [6.07, 6.45) is 0. The van der Waals surface area contributed by atoms with E-state index in [0.29, 0.717) is 10.6 Å². The minimum absolute atomic E-state index is 0.212. The van der Waals surface area contributed by atoms with Crippen LogP contribution in [0.5, 0.6) is 0 Å². The van der Waals surface area contributed by atoms with Crippen LogP contribution < -0.4 is 5.76 Å². The van der Waals surface area contributed by atoms with E-state index in [1.54, 1.807) is 18.2 Å². The third-order valence-corrected chi connectivity index (χ3v) is 2.52. The Balaban J connectivity index is 2.61. The van der Waals surface area contributed by atoms with Crippen molar-refractivity contribution >= 4 is 27.5 Å². The SMILES string of the molecule is O=c1[nH]nc(-c2cc(Cl)ccc2Br)o1. The molecule has 0 fully saturated rings. The van der Waals surface area contributed by atoms with Crippen molar-refractivity contribution in [1.82, 2.24) is 10.2 Å². The number of nitrogens with one attached hydrogen (secondary N) is 1. The summed E-state index contributed by atoms with van der Waals surface area (Å²) in [5.41, 5.74) is 0.635. The van der Waals surface area contributed by atoms with Gasteiger partial charge in [0.25, 0.3) is 0 Å². The second kappa shape index (κ2) is 3.59. The lowest BCUT2D eigenvalue weighted by Crippen LogP contribution is -1.93. The average Bonchev–Trinajstić information content (AvgIpc) is 2.56. The zero-order valence-electron chi connectivity index (χ0n) is 6.75. The Morgan fingerprint density at radius 1 is 1.50 bits per heavy atom. The number of halogens is 2. The van der Waals surface area contributed by atoms with Crippen LogP contribution in [-0.2, 0) is 0 Å². The number of hydrogen-bond donors (Lipinski definition) is 1. The maximum absolute atomic E-state index is 10.7. The molecular formula is C8H4BrClN2O2. The molecule has 72 valence electrons. The van der Waals surface area contributed by atoms with Crippen molar-refractivity contribution in [2.75, 3.05) is 0 Å². The van der Waals surface area contributed by atoms with Gasteiger partial charge in [-0.05, 0) is 34.1 Å². The van der Waals surface area contributed by atoms with Crippen molar-refractivity contribution in [2.45, 2.75) is 0 Å². The van der Waals surface area contributed by atoms with Gasteiger partial charge in [0.1, 0.15) is 0 Å². The summed E-state index contributed by atoms with van der Waals surface area (Å²) in [6.45, 7) is 0. The molecule has 0 saturated heterocycles. The van der Waals surface area contributed by atoms with Gasteiger partial charge in [-0.1, -0.05) is 11.6 Å². The average molecular weight is 275 g/mol. The van der Waals surface area contributed by atoms with E-state index >= 15 is 0 Å². The van der Waals surface area contributed by atoms with Gasteiger partial charge in [-0.25, -0.2) is 9.89 Å². The molecular weight excluding hydrogens is 271 g/mol. The van der Waals surface area contributed by atoms with Gasteiger partial charge in [0.05, 0.1) is 5.56 Å². The van der Waals surface area contributed by atoms with E-state index in [1.165, 1.54) is 0 Å². The van der Waals surface area contributed by atoms with Crippen molar-refractivity contribution in [1.29, 1.82) is 0 Å². The van der Waals surface area contributed by atoms with Crippen LogP contribution in [0.2, 0.25) is 5.02 Å². The molecule has 0 saturated carbocycles. The molecule has 14 heavy (non-hydrogen) atoms. The van der Waals surface area contributed by atoms with E-state index in [0.717, 1.165) is 4.47 Å². The number of rotatable bonds is 1. The molecule has 1 aromatic heterocycles. The summed E-state index contributed by atoms with van der Waals surface area (Å²) in [6, 6.07) is 5.14. The first-order chi connectivity index (χ1) is 6.66. The molecule has 0 unspecified atom stereocenters. The molecule has 0 aliphatic carbocycles. The van der Waals surface area contributed by atoms with E-state index in [9.17, 15) is 4.79 Å². The lowest BCUT2D eigenvalue weighted by atomic mass is 10.2. The Morgan fingerprint density at radius 2 is 2.29 bits per heavy atom. The van der Waals surface area contributed by atoms with E-state index in [1.807, 2.05) is 0 Å². The number of H-pyrrole nitrogens is 1. The van der Waals surface area contributed by atoms with Crippen molar-refractivity contribution in [3.05, 3.63) is 38.2 Å². The van der Waals surface area contributed by atoms with Gasteiger partial charge in [-0.15, -0.1) is 5.10 Å². The van der Waals surface area contributed by atoms with Crippen molar-refractivity contribution in [3.63, 3.8) is 0 Å². The van der Waals surface area contributed by atoms with E-state index in [-0.39, 0.29) is 5.89 Å². The molecule has 0 aliphatic heterocycles. The summed E-state index contributed by atoms with van der Waals surface area (Å²) >= 11 is 9.10. The smallest absolute Gasteiger partial charge is 0.388 e. The molecule has 1 heterocycles. The molecule has 4 nitrogen and oxygen atoms in total. The fourth-order valence-electron chi connectivity index (χ4n) is 1.01. The van der Waals surface area contributed by atoms with Crippen molar-refractivity contribution in [2.24, 2.45) is 0 Å². The predicted octanol–water partition coefficient (Wildman–Crippen LogP) is 2.45. The highest BCUT2D eigenvalue weighted by atomic mass is 79.9. The maximum Gasteiger partial charge on any atom is 0.434 e. The molecule has 6 heteroatoms. The Morgan fingerprint density at radius 3 is 2.93 bits per heavy atom. The molecule has 0 amide bonds. The van der Waals surface area contributed by atoms with Gasteiger partial charge in [0.15, 0.2) is 0 Å². The van der Waals surface area contributed by atoms with Gasteiger partial charge in [-0.2, -0.15) is 0 Å². The highest BCUT2D eigenvalue weighted by molar-refractivity contribution is 9.10. The monoisotopic (exact) mass is 274 g/mol. The normalized spacial score (nSPS) is 10.4. The summed E-state index contributed by atoms with van der Waals surface area (Å²) in [4.78, 5) is 10.7. The quantitative estimate of drug-likeness (QED) is 0.869. The first kappa shape index (κ1) is 9.48. The lowest BCUT2D eigenvalue weighted by molar-refractivity contribution is 0.526. The fourth-order valence-corrected chi connectivity index (χ4v) is 1.59. The first-order valence-electron chi connectivity index (χ1n) is 3.68. The van der Waals surface area contributed by atoms with Gasteiger partial charge in [-0.3, -0.25) is 0 Å². The number of nitrogens with zero attached hydrogens (tertiary/aromatic N) is 1. The van der Waals surface area contributed by atoms with Crippen LogP contribution >= 0.6 is 27.5 Å². The molecule has 2 rings (SSSR count). The minimum atomic E-state index is -0.591. The standard InChI is InChI=1S/C8H4BrClN2O2/c9-6-2-1-4(10)3-5(6)7-11-12-8(13)14-7/h1-3H,(H,12,13). The number of benzene rings is 1. The van der Waals surface area contributed by atoms with E-state index in [4.69, 9.17) is 16.0 Å². The first-order valence-corrected chi connectivity index (χ1v) is 4.85. The van der Waals surface area contributed by atoms with E-state index in [2.05, 4.69) is 26.1 Å². The van der Waals surface area contributed by atoms with Crippen LogP contribution in [0.4, 0.5) is 0 Å². The topological polar surface area (TPSA) is 58.9 Å². The highest BCUT2D eigenvalue weighted by Gasteiger charge is 2.09. The summed E-state index contributed by atoms with van der Waals surface area (Å²) in [5.74, 6) is -0.378. The van der Waals surface area contributed by atoms with Crippen LogP contribution in [0.15, 0.2) is 31.9 Å². The fraction of sp³-hybridized carbons (Fsp3) is 0. The molecule has 0 atom stereocenters. The Hall–Kier alpha value is -1.07. The predicted molar refractivity (Wildman–Crippen MR) is 55.3 cm³/mol. The molecule has 2 aromatic rings. The third-order valence-electron chi connectivity index (χ3n) is 1.60. The Labute approximate surface area is 92.0 Å². The minimum Gasteiger partial charge on any atom is -0.388 e. The second-order valence-corrected chi connectivity index (χ2v) is 3.83. The van der Waals surface area contributed by atoms with Gasteiger partial charge < -0.3 is 4.42 Å². The molecule has 1 N–H and O–H groups in total. The van der Waals surface area contributed by atoms with Crippen LogP contribution in [-0.4, -0.2) is 10.2 Å². The maximum atomic E-state index is 10.7. The second-order valence-electron chi connectivity index (χ2n) is 2.54. The van der Waals surface area contributed by atoms with Crippen LogP contribution in [0.1, 0.15) is 0 Å². The summed E-state index contributed by atoms with van der Waals surface area (Å²) in [5, 5.41) is 6.42. The Kier molecular flexibility index (Phi) is 2.43. The third kappa shape index (κ3) is 1.73. The summed E-state index contributed by atoms with van der Waals surface area (Å²) in [7, 11) is 0. The molecule has 0 bridgehead atoms. The number of aromatic nitrogens is 2. The molecule has 0 spiro atoms. The van der Waals surface area contributed by atoms with Crippen LogP contribution in [0, 0.1) is 0 Å². The molecule has 1 aromatic carbocycles. The summed E-state index contributed by atoms with van der Waals surface area (Å²) < 4.78 is 5.56. The number of aromatic amines is 1. The number of hydrogen-bond acceptors (Lipinski definition) is 3. The van der Waals surface area contributed by atoms with Crippen molar-refractivity contribution in [3.8, 4) is 11.5 Å². The van der Waals surface area contributed by atoms with E-state index < -0.39 is 5.76 Å². The zero-order valence-corrected chi connectivity index (χ0v) is 9.09. The molecule has 0 radical (unpaired) electrons. The highest BCUT2D eigenvalue weighted by Crippen LogP contribution is 2.28. The largest absolute Gasteiger partial charge is 0.434 e. The van der Waals surface area contributed by atoms with Gasteiger partial charge in [0.2, 0.25) is 5.89 Å². The van der Waals surface area contributed by atoms with Crippen molar-refractivity contribution < 1.29 is 4.42 Å². The Bertz CT molecular complexity index is 520. The zero-order chi connectivity index (χ0) is 10.1. The van der Waals surface area contributed by atoms with Gasteiger partial charge >= 0.3 is 5.76 Å². The van der Waals surface area contributed by atoms with Gasteiger partial charge in [0, 0.05) is 9.50 Å².